The maximum atomic E-state index is 10.1. The highest BCUT2D eigenvalue weighted by atomic mass is 16.3. The Morgan fingerprint density at radius 2 is 1.79 bits per heavy atom. The highest BCUT2D eigenvalue weighted by molar-refractivity contribution is 5.47. The van der Waals surface area contributed by atoms with Gasteiger partial charge in [-0.2, -0.15) is 0 Å². The molecule has 1 heteroatoms. The summed E-state index contributed by atoms with van der Waals surface area (Å²) in [4.78, 5) is 0. The van der Waals surface area contributed by atoms with E-state index < -0.39 is 0 Å². The van der Waals surface area contributed by atoms with Crippen LogP contribution in [-0.2, 0) is 19.3 Å². The molecule has 1 nitrogen and oxygen atoms in total. The smallest absolute Gasteiger partial charge is 0.0583 e. The fourth-order valence-corrected chi connectivity index (χ4v) is 6.65. The summed E-state index contributed by atoms with van der Waals surface area (Å²) in [5.41, 5.74) is 6.81. The number of hydrogen-bond donors (Lipinski definition) is 1. The van der Waals surface area contributed by atoms with Crippen LogP contribution in [0, 0.1) is 29.1 Å². The van der Waals surface area contributed by atoms with Gasteiger partial charge < -0.3 is 5.11 Å². The third kappa shape index (κ3) is 3.38. The fraction of sp³-hybridized carbons (Fsp3) is 0.704. The molecule has 0 heterocycles. The van der Waals surface area contributed by atoms with Gasteiger partial charge in [0, 0.05) is 0 Å². The standard InChI is InChI=1S/C27H40O/c1-17(2)18(3)6-7-19(4)25-12-13-26-24-10-8-20-16-21(28)9-11-22(20)23(24)14-15-27(25,26)5/h6-8,10,17-19,21,25-26,28H,9,11-16H2,1-5H3/b7-6+/t18-,19+,21+,25-,26+,27+/m0/s1. The van der Waals surface area contributed by atoms with Crippen molar-refractivity contribution in [2.45, 2.75) is 91.6 Å². The van der Waals surface area contributed by atoms with Crippen LogP contribution in [0.5, 0.6) is 0 Å². The minimum Gasteiger partial charge on any atom is -0.393 e. The first-order valence-electron chi connectivity index (χ1n) is 11.8. The van der Waals surface area contributed by atoms with Crippen LogP contribution in [0.4, 0.5) is 0 Å². The van der Waals surface area contributed by atoms with Gasteiger partial charge in [-0.1, -0.05) is 58.9 Å². The van der Waals surface area contributed by atoms with Crippen LogP contribution in [0.25, 0.3) is 0 Å². The average molecular weight is 381 g/mol. The van der Waals surface area contributed by atoms with Crippen LogP contribution >= 0.6 is 0 Å². The van der Waals surface area contributed by atoms with E-state index in [9.17, 15) is 5.11 Å². The van der Waals surface area contributed by atoms with Crippen molar-refractivity contribution < 1.29 is 5.11 Å². The van der Waals surface area contributed by atoms with E-state index in [1.54, 1.807) is 16.7 Å². The molecule has 154 valence electrons. The van der Waals surface area contributed by atoms with Gasteiger partial charge in [-0.25, -0.2) is 0 Å². The van der Waals surface area contributed by atoms with E-state index in [-0.39, 0.29) is 6.10 Å². The van der Waals surface area contributed by atoms with Crippen molar-refractivity contribution in [1.29, 1.82) is 0 Å². The number of aliphatic hydroxyl groups excluding tert-OH is 1. The van der Waals surface area contributed by atoms with E-state index in [0.717, 1.165) is 37.0 Å². The first-order valence-corrected chi connectivity index (χ1v) is 11.8. The molecule has 0 aliphatic heterocycles. The highest BCUT2D eigenvalue weighted by Gasteiger charge is 2.50. The number of rotatable bonds is 4. The lowest BCUT2D eigenvalue weighted by Gasteiger charge is -2.44. The lowest BCUT2D eigenvalue weighted by atomic mass is 9.60. The number of fused-ring (bicyclic) bond motifs is 5. The molecule has 1 aromatic rings. The molecule has 3 aliphatic rings. The number of aliphatic hydroxyl groups is 1. The molecule has 1 aromatic carbocycles. The van der Waals surface area contributed by atoms with E-state index in [2.05, 4.69) is 58.9 Å². The summed E-state index contributed by atoms with van der Waals surface area (Å²) in [6.07, 6.45) is 13.1. The molecule has 1 N–H and O–H groups in total. The molecule has 3 aliphatic carbocycles. The summed E-state index contributed by atoms with van der Waals surface area (Å²) in [6.45, 7) is 12.1. The summed E-state index contributed by atoms with van der Waals surface area (Å²) in [7, 11) is 0. The van der Waals surface area contributed by atoms with E-state index in [4.69, 9.17) is 0 Å². The zero-order valence-corrected chi connectivity index (χ0v) is 18.7. The van der Waals surface area contributed by atoms with Crippen LogP contribution < -0.4 is 0 Å². The monoisotopic (exact) mass is 380 g/mol. The maximum absolute atomic E-state index is 10.1. The van der Waals surface area contributed by atoms with Gasteiger partial charge in [0.15, 0.2) is 0 Å². The van der Waals surface area contributed by atoms with E-state index in [1.165, 1.54) is 31.2 Å². The lowest BCUT2D eigenvalue weighted by Crippen LogP contribution is -2.35. The Morgan fingerprint density at radius 3 is 2.54 bits per heavy atom. The normalized spacial score (nSPS) is 34.2. The molecule has 4 rings (SSSR count). The molecule has 0 unspecified atom stereocenters. The summed E-state index contributed by atoms with van der Waals surface area (Å²) >= 11 is 0. The third-order valence-electron chi connectivity index (χ3n) is 8.85. The van der Waals surface area contributed by atoms with Gasteiger partial charge in [0.05, 0.1) is 6.10 Å². The second kappa shape index (κ2) is 7.63. The zero-order chi connectivity index (χ0) is 20.1. The van der Waals surface area contributed by atoms with Crippen molar-refractivity contribution >= 4 is 0 Å². The van der Waals surface area contributed by atoms with Gasteiger partial charge in [0.1, 0.15) is 0 Å². The molecule has 0 spiro atoms. The van der Waals surface area contributed by atoms with Crippen molar-refractivity contribution in [3.05, 3.63) is 46.5 Å². The minimum absolute atomic E-state index is 0.129. The predicted octanol–water partition coefficient (Wildman–Crippen LogP) is 6.47. The Morgan fingerprint density at radius 1 is 1.00 bits per heavy atom. The number of benzene rings is 1. The molecule has 6 atom stereocenters. The molecule has 1 fully saturated rings. The molecule has 0 amide bonds. The summed E-state index contributed by atoms with van der Waals surface area (Å²) in [5, 5.41) is 10.1. The Kier molecular flexibility index (Phi) is 5.51. The molecule has 0 aromatic heterocycles. The zero-order valence-electron chi connectivity index (χ0n) is 18.7. The van der Waals surface area contributed by atoms with Crippen LogP contribution in [0.15, 0.2) is 24.3 Å². The highest BCUT2D eigenvalue weighted by Crippen LogP contribution is 2.61. The number of hydrogen-bond acceptors (Lipinski definition) is 1. The molecular formula is C27H40O. The minimum atomic E-state index is -0.129. The van der Waals surface area contributed by atoms with Gasteiger partial charge in [0.25, 0.3) is 0 Å². The summed E-state index contributed by atoms with van der Waals surface area (Å²) < 4.78 is 0. The quantitative estimate of drug-likeness (QED) is 0.594. The van der Waals surface area contributed by atoms with Crippen LogP contribution in [0.3, 0.4) is 0 Å². The summed E-state index contributed by atoms with van der Waals surface area (Å²) in [6, 6.07) is 4.79. The maximum Gasteiger partial charge on any atom is 0.0583 e. The van der Waals surface area contributed by atoms with Crippen molar-refractivity contribution in [2.24, 2.45) is 29.1 Å². The SMILES string of the molecule is CC(C)[C@@H](C)/C=C/[C@@H](C)[C@@H]1CC[C@@H]2c3ccc4c(c3CC[C@@]21C)CC[C@@H](O)C4. The molecule has 1 saturated carbocycles. The molecular weight excluding hydrogens is 340 g/mol. The van der Waals surface area contributed by atoms with Gasteiger partial charge >= 0.3 is 0 Å². The van der Waals surface area contributed by atoms with Crippen LogP contribution in [0.1, 0.15) is 88.5 Å². The van der Waals surface area contributed by atoms with Crippen molar-refractivity contribution in [1.82, 2.24) is 0 Å². The van der Waals surface area contributed by atoms with E-state index >= 15 is 0 Å². The van der Waals surface area contributed by atoms with Crippen molar-refractivity contribution in [2.75, 3.05) is 0 Å². The molecule has 0 radical (unpaired) electrons. The second-order valence-corrected chi connectivity index (χ2v) is 10.8. The largest absolute Gasteiger partial charge is 0.393 e. The molecule has 0 saturated heterocycles. The Bertz CT molecular complexity index is 745. The first-order chi connectivity index (χ1) is 13.3. The van der Waals surface area contributed by atoms with Crippen molar-refractivity contribution in [3.63, 3.8) is 0 Å². The topological polar surface area (TPSA) is 20.2 Å². The van der Waals surface area contributed by atoms with Gasteiger partial charge in [-0.15, -0.1) is 0 Å². The van der Waals surface area contributed by atoms with Gasteiger partial charge in [0.2, 0.25) is 0 Å². The lowest BCUT2D eigenvalue weighted by molar-refractivity contribution is 0.140. The number of allylic oxidation sites excluding steroid dienone is 2. The van der Waals surface area contributed by atoms with E-state index in [1.807, 2.05) is 0 Å². The average Bonchev–Trinajstić information content (AvgIpc) is 3.02. The third-order valence-corrected chi connectivity index (χ3v) is 8.85. The first kappa shape index (κ1) is 20.2. The summed E-state index contributed by atoms with van der Waals surface area (Å²) in [5.74, 6) is 3.60. The Hall–Kier alpha value is -1.08. The fourth-order valence-electron chi connectivity index (χ4n) is 6.65. The second-order valence-electron chi connectivity index (χ2n) is 10.8. The van der Waals surface area contributed by atoms with Gasteiger partial charge in [-0.3, -0.25) is 0 Å². The van der Waals surface area contributed by atoms with Crippen molar-refractivity contribution in [3.8, 4) is 0 Å². The van der Waals surface area contributed by atoms with Gasteiger partial charge in [-0.05, 0) is 102 Å². The molecule has 0 bridgehead atoms. The van der Waals surface area contributed by atoms with Crippen LogP contribution in [0.2, 0.25) is 0 Å². The molecule has 28 heavy (non-hydrogen) atoms. The van der Waals surface area contributed by atoms with E-state index in [0.29, 0.717) is 17.3 Å². The Balaban J connectivity index is 1.58. The predicted molar refractivity (Wildman–Crippen MR) is 119 cm³/mol. The van der Waals surface area contributed by atoms with Crippen LogP contribution in [-0.4, -0.2) is 11.2 Å². The Labute approximate surface area is 172 Å².